The molecule has 6 nitrogen and oxygen atoms in total. The second-order valence-electron chi connectivity index (χ2n) is 7.99. The first-order valence-corrected chi connectivity index (χ1v) is 11.7. The third-order valence-electron chi connectivity index (χ3n) is 5.17. The molecular formula is C25H42N2O4. The van der Waals surface area contributed by atoms with E-state index in [0.717, 1.165) is 63.7 Å². The Balaban J connectivity index is 0.000000500. The van der Waals surface area contributed by atoms with E-state index >= 15 is 0 Å². The molecule has 0 saturated carbocycles. The number of unbranched alkanes of at least 4 members (excludes halogenated alkanes) is 4. The van der Waals surface area contributed by atoms with Crippen LogP contribution in [0.4, 0.5) is 0 Å². The molecule has 1 aromatic rings. The lowest BCUT2D eigenvalue weighted by molar-refractivity contribution is -0.103. The number of ether oxygens (including phenoxy) is 2. The Morgan fingerprint density at radius 3 is 2.61 bits per heavy atom. The fourth-order valence-corrected chi connectivity index (χ4v) is 3.25. The highest BCUT2D eigenvalue weighted by atomic mass is 16.6. The molecule has 2 rings (SSSR count). The van der Waals surface area contributed by atoms with Gasteiger partial charge in [-0.1, -0.05) is 49.5 Å². The van der Waals surface area contributed by atoms with Crippen molar-refractivity contribution >= 4 is 12.0 Å². The van der Waals surface area contributed by atoms with Gasteiger partial charge in [-0.3, -0.25) is 4.79 Å². The highest BCUT2D eigenvalue weighted by Gasteiger charge is 2.13. The predicted molar refractivity (Wildman–Crippen MR) is 127 cm³/mol. The number of rotatable bonds is 15. The molecule has 1 aliphatic heterocycles. The number of oxime groups is 1. The van der Waals surface area contributed by atoms with Gasteiger partial charge in [0, 0.05) is 6.61 Å². The first-order chi connectivity index (χ1) is 15.2. The summed E-state index contributed by atoms with van der Waals surface area (Å²) in [6.45, 7) is 7.55. The fourth-order valence-electron chi connectivity index (χ4n) is 3.25. The molecule has 1 fully saturated rings. The van der Waals surface area contributed by atoms with Crippen molar-refractivity contribution in [1.29, 1.82) is 0 Å². The maximum absolute atomic E-state index is 10.5. The van der Waals surface area contributed by atoms with Crippen LogP contribution in [-0.4, -0.2) is 51.5 Å². The van der Waals surface area contributed by atoms with Crippen molar-refractivity contribution in [3.8, 4) is 5.75 Å². The van der Waals surface area contributed by atoms with E-state index in [-0.39, 0.29) is 6.10 Å². The molecule has 0 aromatic heterocycles. The molecule has 1 aromatic carbocycles. The van der Waals surface area contributed by atoms with E-state index in [1.165, 1.54) is 25.7 Å². The van der Waals surface area contributed by atoms with Gasteiger partial charge in [-0.25, -0.2) is 0 Å². The van der Waals surface area contributed by atoms with Crippen LogP contribution in [0, 0.1) is 5.92 Å². The van der Waals surface area contributed by atoms with Gasteiger partial charge in [0.15, 0.2) is 6.29 Å². The summed E-state index contributed by atoms with van der Waals surface area (Å²) in [5.74, 6) is 1.72. The molecule has 1 saturated heterocycles. The Morgan fingerprint density at radius 2 is 1.97 bits per heavy atom. The molecule has 176 valence electrons. The summed E-state index contributed by atoms with van der Waals surface area (Å²) in [6.07, 6.45) is 9.79. The lowest BCUT2D eigenvalue weighted by Gasteiger charge is -2.12. The minimum Gasteiger partial charge on any atom is -0.494 e. The molecule has 31 heavy (non-hydrogen) atoms. The number of benzene rings is 1. The Hall–Kier alpha value is -1.92. The van der Waals surface area contributed by atoms with Gasteiger partial charge in [-0.05, 0) is 70.7 Å². The van der Waals surface area contributed by atoms with Gasteiger partial charge in [0.05, 0.1) is 13.2 Å². The summed E-state index contributed by atoms with van der Waals surface area (Å²) >= 11 is 0. The third-order valence-corrected chi connectivity index (χ3v) is 5.17. The molecule has 0 amide bonds. The standard InChI is InChI=1S/C19H29NO3.C6H13NO/c1-3-18(23-20-17(2)16-21)12-8-5-4-6-11-15-22-19-13-9-7-10-14-19;1-7-4-6-2-3-8-5-6/h7,9-10,13-14,16,18H,3-6,8,11-12,15H2,1-2H3;6-7H,2-5H2,1H3/b20-17+;. The Morgan fingerprint density at radius 1 is 1.23 bits per heavy atom. The molecule has 0 bridgehead atoms. The quantitative estimate of drug-likeness (QED) is 0.182. The molecule has 1 heterocycles. The zero-order valence-electron chi connectivity index (χ0n) is 19.7. The van der Waals surface area contributed by atoms with Gasteiger partial charge < -0.3 is 19.6 Å². The number of nitrogens with zero attached hydrogens (tertiary/aromatic N) is 1. The van der Waals surface area contributed by atoms with E-state index < -0.39 is 0 Å². The summed E-state index contributed by atoms with van der Waals surface area (Å²) in [5, 5.41) is 6.94. The Labute approximate surface area is 188 Å². The summed E-state index contributed by atoms with van der Waals surface area (Å²) in [4.78, 5) is 15.8. The number of carbonyl (C=O) groups excluding carboxylic acids is 1. The highest BCUT2D eigenvalue weighted by Crippen LogP contribution is 2.13. The van der Waals surface area contributed by atoms with Crippen LogP contribution in [0.2, 0.25) is 0 Å². The van der Waals surface area contributed by atoms with E-state index in [1.807, 2.05) is 37.4 Å². The molecule has 2 atom stereocenters. The first-order valence-electron chi connectivity index (χ1n) is 11.7. The van der Waals surface area contributed by atoms with E-state index in [2.05, 4.69) is 17.4 Å². The van der Waals surface area contributed by atoms with Crippen molar-refractivity contribution in [2.75, 3.05) is 33.4 Å². The fraction of sp³-hybridized carbons (Fsp3) is 0.680. The van der Waals surface area contributed by atoms with Crippen LogP contribution in [-0.2, 0) is 14.4 Å². The molecule has 0 radical (unpaired) electrons. The van der Waals surface area contributed by atoms with Crippen LogP contribution in [0.5, 0.6) is 5.75 Å². The molecule has 2 unspecified atom stereocenters. The molecule has 1 aliphatic rings. The van der Waals surface area contributed by atoms with Gasteiger partial charge in [0.1, 0.15) is 17.6 Å². The Kier molecular flexibility index (Phi) is 16.5. The molecule has 6 heteroatoms. The largest absolute Gasteiger partial charge is 0.494 e. The second kappa shape index (κ2) is 18.8. The smallest absolute Gasteiger partial charge is 0.167 e. The van der Waals surface area contributed by atoms with E-state index in [9.17, 15) is 4.79 Å². The number of para-hydroxylation sites is 1. The van der Waals surface area contributed by atoms with Crippen LogP contribution < -0.4 is 10.1 Å². The second-order valence-corrected chi connectivity index (χ2v) is 7.99. The summed E-state index contributed by atoms with van der Waals surface area (Å²) in [5.41, 5.74) is 0.391. The SMILES string of the molecule is CCC(CCCCCCCOc1ccccc1)O/N=C(\C)C=O.CNCC1CCOC1. The van der Waals surface area contributed by atoms with Crippen LogP contribution in [0.15, 0.2) is 35.5 Å². The molecule has 1 N–H and O–H groups in total. The van der Waals surface area contributed by atoms with Crippen molar-refractivity contribution in [2.45, 2.75) is 71.3 Å². The maximum atomic E-state index is 10.5. The third kappa shape index (κ3) is 14.7. The lowest BCUT2D eigenvalue weighted by Crippen LogP contribution is -2.18. The number of carbonyl (C=O) groups is 1. The summed E-state index contributed by atoms with van der Waals surface area (Å²) in [6, 6.07) is 9.94. The van der Waals surface area contributed by atoms with Crippen LogP contribution in [0.1, 0.15) is 65.2 Å². The first kappa shape index (κ1) is 27.1. The topological polar surface area (TPSA) is 69.2 Å². The molecular weight excluding hydrogens is 392 g/mol. The van der Waals surface area contributed by atoms with Gasteiger partial charge in [-0.2, -0.15) is 0 Å². The molecule has 0 aliphatic carbocycles. The summed E-state index contributed by atoms with van der Waals surface area (Å²) < 4.78 is 10.8. The van der Waals surface area contributed by atoms with Crippen molar-refractivity contribution in [2.24, 2.45) is 11.1 Å². The van der Waals surface area contributed by atoms with Crippen molar-refractivity contribution in [3.63, 3.8) is 0 Å². The number of aldehydes is 1. The van der Waals surface area contributed by atoms with Crippen LogP contribution in [0.3, 0.4) is 0 Å². The van der Waals surface area contributed by atoms with Crippen molar-refractivity contribution in [3.05, 3.63) is 30.3 Å². The zero-order chi connectivity index (χ0) is 22.6. The Bertz CT molecular complexity index is 574. The normalized spacial score (nSPS) is 16.9. The maximum Gasteiger partial charge on any atom is 0.167 e. The van der Waals surface area contributed by atoms with Crippen LogP contribution >= 0.6 is 0 Å². The van der Waals surface area contributed by atoms with E-state index in [4.69, 9.17) is 14.3 Å². The number of hydrogen-bond donors (Lipinski definition) is 1. The molecule has 0 spiro atoms. The van der Waals surface area contributed by atoms with E-state index in [1.54, 1.807) is 6.92 Å². The predicted octanol–water partition coefficient (Wildman–Crippen LogP) is 5.02. The average Bonchev–Trinajstić information content (AvgIpc) is 3.32. The van der Waals surface area contributed by atoms with Gasteiger partial charge >= 0.3 is 0 Å². The number of nitrogens with one attached hydrogen (secondary N) is 1. The van der Waals surface area contributed by atoms with E-state index in [0.29, 0.717) is 12.0 Å². The van der Waals surface area contributed by atoms with Crippen molar-refractivity contribution < 1.29 is 19.1 Å². The monoisotopic (exact) mass is 434 g/mol. The van der Waals surface area contributed by atoms with Gasteiger partial charge in [0.25, 0.3) is 0 Å². The summed E-state index contributed by atoms with van der Waals surface area (Å²) in [7, 11) is 1.98. The minimum atomic E-state index is 0.117. The van der Waals surface area contributed by atoms with Crippen molar-refractivity contribution in [1.82, 2.24) is 5.32 Å². The average molecular weight is 435 g/mol. The number of hydrogen-bond acceptors (Lipinski definition) is 6. The zero-order valence-corrected chi connectivity index (χ0v) is 19.7. The van der Waals surface area contributed by atoms with Crippen LogP contribution in [0.25, 0.3) is 0 Å². The minimum absolute atomic E-state index is 0.117. The van der Waals surface area contributed by atoms with Gasteiger partial charge in [0.2, 0.25) is 0 Å². The highest BCUT2D eigenvalue weighted by molar-refractivity contribution is 6.26. The van der Waals surface area contributed by atoms with Gasteiger partial charge in [-0.15, -0.1) is 0 Å². The lowest BCUT2D eigenvalue weighted by atomic mass is 10.1.